The van der Waals surface area contributed by atoms with Crippen LogP contribution in [0.4, 0.5) is 0 Å². The average Bonchev–Trinajstić information content (AvgIpc) is 1.79. The molecule has 1 saturated heterocycles. The summed E-state index contributed by atoms with van der Waals surface area (Å²) >= 11 is 0. The van der Waals surface area contributed by atoms with Gasteiger partial charge in [-0.05, 0) is 26.3 Å². The number of hydrogen-bond acceptors (Lipinski definition) is 2. The van der Waals surface area contributed by atoms with Crippen molar-refractivity contribution in [3.05, 3.63) is 11.8 Å². The van der Waals surface area contributed by atoms with Gasteiger partial charge in [-0.15, -0.1) is 0 Å². The molecule has 0 N–H and O–H groups in total. The smallest absolute Gasteiger partial charge is 0.102 e. The molecule has 1 fully saturated rings. The van der Waals surface area contributed by atoms with Crippen molar-refractivity contribution in [1.29, 1.82) is 0 Å². The molecular formula is C9H16O2. The third kappa shape index (κ3) is 2.54. The first kappa shape index (κ1) is 8.60. The number of rotatable bonds is 3. The van der Waals surface area contributed by atoms with E-state index in [4.69, 9.17) is 9.47 Å². The minimum Gasteiger partial charge on any atom is -0.498 e. The molecule has 1 rings (SSSR count). The Morgan fingerprint density at radius 3 is 2.55 bits per heavy atom. The molecule has 0 spiro atoms. The predicted octanol–water partition coefficient (Wildman–Crippen LogP) is 1.96. The van der Waals surface area contributed by atoms with E-state index in [0.717, 1.165) is 13.2 Å². The quantitative estimate of drug-likeness (QED) is 0.581. The number of hydrogen-bond donors (Lipinski definition) is 0. The van der Waals surface area contributed by atoms with Crippen LogP contribution < -0.4 is 0 Å². The molecule has 0 bridgehead atoms. The maximum Gasteiger partial charge on any atom is 0.102 e. The Hall–Kier alpha value is -0.500. The van der Waals surface area contributed by atoms with Crippen LogP contribution in [0.2, 0.25) is 0 Å². The Morgan fingerprint density at radius 2 is 2.18 bits per heavy atom. The van der Waals surface area contributed by atoms with Crippen molar-refractivity contribution in [2.24, 2.45) is 5.92 Å². The molecule has 0 radical (unpaired) electrons. The molecule has 0 aromatic rings. The summed E-state index contributed by atoms with van der Waals surface area (Å²) in [6.07, 6.45) is 2.13. The third-order valence-corrected chi connectivity index (χ3v) is 1.85. The van der Waals surface area contributed by atoms with Crippen LogP contribution in [-0.2, 0) is 9.47 Å². The fraction of sp³-hybridized carbons (Fsp3) is 0.778. The second-order valence-corrected chi connectivity index (χ2v) is 3.33. The van der Waals surface area contributed by atoms with Crippen molar-refractivity contribution in [3.63, 3.8) is 0 Å². The van der Waals surface area contributed by atoms with Crippen LogP contribution in [0.15, 0.2) is 11.8 Å². The van der Waals surface area contributed by atoms with Gasteiger partial charge in [0.2, 0.25) is 0 Å². The number of ether oxygens (including phenoxy) is 2. The maximum absolute atomic E-state index is 5.47. The molecule has 1 aliphatic rings. The molecule has 2 nitrogen and oxygen atoms in total. The molecule has 1 heterocycles. The zero-order chi connectivity index (χ0) is 8.27. The molecule has 2 heteroatoms. The summed E-state index contributed by atoms with van der Waals surface area (Å²) in [6, 6.07) is 0. The van der Waals surface area contributed by atoms with E-state index in [0.29, 0.717) is 12.0 Å². The highest BCUT2D eigenvalue weighted by Gasteiger charge is 2.25. The molecule has 0 amide bonds. The zero-order valence-corrected chi connectivity index (χ0v) is 7.46. The van der Waals surface area contributed by atoms with Crippen LogP contribution in [0.25, 0.3) is 0 Å². The van der Waals surface area contributed by atoms with Crippen molar-refractivity contribution in [3.8, 4) is 0 Å². The van der Waals surface area contributed by atoms with Crippen molar-refractivity contribution in [2.75, 3.05) is 13.2 Å². The topological polar surface area (TPSA) is 18.5 Å². The molecule has 1 aliphatic heterocycles. The Bertz CT molecular complexity index is 144. The summed E-state index contributed by atoms with van der Waals surface area (Å²) in [5.41, 5.74) is 1.21. The molecule has 0 saturated carbocycles. The molecule has 0 aliphatic carbocycles. The van der Waals surface area contributed by atoms with Crippen molar-refractivity contribution in [2.45, 2.75) is 26.9 Å². The highest BCUT2D eigenvalue weighted by molar-refractivity contribution is 4.87. The van der Waals surface area contributed by atoms with E-state index in [1.807, 2.05) is 20.1 Å². The van der Waals surface area contributed by atoms with Crippen LogP contribution >= 0.6 is 0 Å². The van der Waals surface area contributed by atoms with Gasteiger partial charge in [-0.1, -0.05) is 0 Å². The molecular weight excluding hydrogens is 140 g/mol. The Labute approximate surface area is 68.2 Å². The van der Waals surface area contributed by atoms with E-state index < -0.39 is 0 Å². The Balaban J connectivity index is 2.19. The summed E-state index contributed by atoms with van der Waals surface area (Å²) in [4.78, 5) is 0. The van der Waals surface area contributed by atoms with Gasteiger partial charge in [0, 0.05) is 5.92 Å². The average molecular weight is 156 g/mol. The van der Waals surface area contributed by atoms with Crippen molar-refractivity contribution >= 4 is 0 Å². The summed E-state index contributed by atoms with van der Waals surface area (Å²) in [5.74, 6) is 0.602. The Kier molecular flexibility index (Phi) is 2.94. The normalized spacial score (nSPS) is 20.3. The van der Waals surface area contributed by atoms with Crippen LogP contribution in [0.3, 0.4) is 0 Å². The van der Waals surface area contributed by atoms with Crippen LogP contribution in [0.1, 0.15) is 20.8 Å². The van der Waals surface area contributed by atoms with E-state index in [1.54, 1.807) is 0 Å². The third-order valence-electron chi connectivity index (χ3n) is 1.85. The van der Waals surface area contributed by atoms with Gasteiger partial charge in [-0.3, -0.25) is 0 Å². The van der Waals surface area contributed by atoms with E-state index in [2.05, 4.69) is 6.92 Å². The van der Waals surface area contributed by atoms with Crippen LogP contribution in [0, 0.1) is 5.92 Å². The second-order valence-electron chi connectivity index (χ2n) is 3.33. The number of allylic oxidation sites excluding steroid dienone is 1. The first-order valence-electron chi connectivity index (χ1n) is 4.06. The molecule has 1 unspecified atom stereocenters. The molecule has 11 heavy (non-hydrogen) atoms. The minimum atomic E-state index is 0.304. The largest absolute Gasteiger partial charge is 0.498 e. The van der Waals surface area contributed by atoms with Crippen molar-refractivity contribution < 1.29 is 9.47 Å². The highest BCUT2D eigenvalue weighted by Crippen LogP contribution is 2.17. The SMILES string of the molecule is CC(C)=COC(C)C1COC1. The first-order chi connectivity index (χ1) is 5.20. The molecule has 0 aromatic carbocycles. The van der Waals surface area contributed by atoms with Gasteiger partial charge in [0.1, 0.15) is 6.10 Å². The monoisotopic (exact) mass is 156 g/mol. The van der Waals surface area contributed by atoms with Gasteiger partial charge in [-0.25, -0.2) is 0 Å². The van der Waals surface area contributed by atoms with Crippen LogP contribution in [-0.4, -0.2) is 19.3 Å². The van der Waals surface area contributed by atoms with E-state index in [1.165, 1.54) is 5.57 Å². The van der Waals surface area contributed by atoms with Crippen molar-refractivity contribution in [1.82, 2.24) is 0 Å². The Morgan fingerprint density at radius 1 is 1.55 bits per heavy atom. The lowest BCUT2D eigenvalue weighted by molar-refractivity contribution is -0.0885. The summed E-state index contributed by atoms with van der Waals surface area (Å²) in [7, 11) is 0. The van der Waals surface area contributed by atoms with Gasteiger partial charge < -0.3 is 9.47 Å². The van der Waals surface area contributed by atoms with Gasteiger partial charge in [-0.2, -0.15) is 0 Å². The summed E-state index contributed by atoms with van der Waals surface area (Å²) in [6.45, 7) is 7.87. The maximum atomic E-state index is 5.47. The summed E-state index contributed by atoms with van der Waals surface area (Å²) < 4.78 is 10.5. The molecule has 64 valence electrons. The van der Waals surface area contributed by atoms with E-state index >= 15 is 0 Å². The van der Waals surface area contributed by atoms with Gasteiger partial charge in [0.05, 0.1) is 19.5 Å². The fourth-order valence-corrected chi connectivity index (χ4v) is 0.879. The standard InChI is InChI=1S/C9H16O2/c1-7(2)4-11-8(3)9-5-10-6-9/h4,8-9H,5-6H2,1-3H3. The lowest BCUT2D eigenvalue weighted by Gasteiger charge is -2.30. The van der Waals surface area contributed by atoms with E-state index in [9.17, 15) is 0 Å². The molecule has 0 aromatic heterocycles. The lowest BCUT2D eigenvalue weighted by Crippen LogP contribution is -2.36. The van der Waals surface area contributed by atoms with Gasteiger partial charge >= 0.3 is 0 Å². The predicted molar refractivity (Wildman–Crippen MR) is 44.3 cm³/mol. The highest BCUT2D eigenvalue weighted by atomic mass is 16.5. The first-order valence-corrected chi connectivity index (χ1v) is 4.06. The van der Waals surface area contributed by atoms with E-state index in [-0.39, 0.29) is 0 Å². The minimum absolute atomic E-state index is 0.304. The molecule has 1 atom stereocenters. The second kappa shape index (κ2) is 3.77. The van der Waals surface area contributed by atoms with Gasteiger partial charge in [0.25, 0.3) is 0 Å². The summed E-state index contributed by atoms with van der Waals surface area (Å²) in [5, 5.41) is 0. The fourth-order valence-electron chi connectivity index (χ4n) is 0.879. The van der Waals surface area contributed by atoms with Crippen LogP contribution in [0.5, 0.6) is 0 Å². The zero-order valence-electron chi connectivity index (χ0n) is 7.46. The van der Waals surface area contributed by atoms with Gasteiger partial charge in [0.15, 0.2) is 0 Å². The lowest BCUT2D eigenvalue weighted by atomic mass is 10.0.